The Morgan fingerprint density at radius 2 is 2.00 bits per heavy atom. The summed E-state index contributed by atoms with van der Waals surface area (Å²) in [5.41, 5.74) is 0.201. The second kappa shape index (κ2) is 5.81. The smallest absolute Gasteiger partial charge is 0.412 e. The molecule has 1 N–H and O–H groups in total. The Hall–Kier alpha value is -1.95. The van der Waals surface area contributed by atoms with Crippen LogP contribution in [0, 0.1) is 0 Å². The number of alkyl halides is 3. The average molecular weight is 311 g/mol. The largest absolute Gasteiger partial charge is 0.507 e. The molecule has 1 heterocycles. The van der Waals surface area contributed by atoms with E-state index in [1.807, 2.05) is 0 Å². The van der Waals surface area contributed by atoms with Crippen LogP contribution in [0.15, 0.2) is 47.9 Å². The Balaban J connectivity index is 2.28. The third kappa shape index (κ3) is 3.58. The van der Waals surface area contributed by atoms with Crippen molar-refractivity contribution in [3.05, 3.63) is 53.6 Å². The molecule has 0 spiro atoms. The van der Waals surface area contributed by atoms with Crippen LogP contribution in [0.4, 0.5) is 13.2 Å². The maximum atomic E-state index is 12.4. The van der Waals surface area contributed by atoms with Crippen molar-refractivity contribution in [2.45, 2.75) is 13.1 Å². The molecule has 0 aliphatic rings. The van der Waals surface area contributed by atoms with Crippen LogP contribution in [0.2, 0.25) is 0 Å². The first-order valence-corrected chi connectivity index (χ1v) is 6.85. The van der Waals surface area contributed by atoms with E-state index in [2.05, 4.69) is 11.6 Å². The molecule has 0 saturated carbocycles. The molecule has 0 atom stereocenters. The number of aromatic hydroxyl groups is 1. The summed E-state index contributed by atoms with van der Waals surface area (Å²) in [6, 6.07) is 8.36. The van der Waals surface area contributed by atoms with Crippen LogP contribution in [-0.4, -0.2) is 16.3 Å². The highest BCUT2D eigenvalue weighted by molar-refractivity contribution is 8.10. The summed E-state index contributed by atoms with van der Waals surface area (Å²) in [5, 5.41) is 11.5. The van der Waals surface area contributed by atoms with Gasteiger partial charge in [-0.25, -0.2) is 4.98 Å². The molecule has 0 fully saturated rings. The van der Waals surface area contributed by atoms with Gasteiger partial charge in [0.1, 0.15) is 5.75 Å². The minimum absolute atomic E-state index is 0.0221. The topological polar surface area (TPSA) is 33.1 Å². The highest BCUT2D eigenvalue weighted by atomic mass is 32.2. The lowest BCUT2D eigenvalue weighted by molar-refractivity contribution is -0.0910. The third-order valence-electron chi connectivity index (χ3n) is 2.81. The van der Waals surface area contributed by atoms with Gasteiger partial charge >= 0.3 is 6.18 Å². The zero-order valence-electron chi connectivity index (χ0n) is 11.1. The van der Waals surface area contributed by atoms with Crippen LogP contribution in [0.25, 0.3) is 15.8 Å². The number of fused-ring (bicyclic) bond motifs is 1. The molecular weight excluding hydrogens is 299 g/mol. The molecule has 0 unspecified atom stereocenters. The number of hydrogen-bond acceptors (Lipinski definition) is 3. The van der Waals surface area contributed by atoms with Gasteiger partial charge < -0.3 is 5.11 Å². The van der Waals surface area contributed by atoms with E-state index in [1.165, 1.54) is 6.07 Å². The van der Waals surface area contributed by atoms with Crippen molar-refractivity contribution in [3.63, 3.8) is 0 Å². The van der Waals surface area contributed by atoms with Gasteiger partial charge in [-0.05, 0) is 24.5 Å². The molecule has 2 aromatic rings. The summed E-state index contributed by atoms with van der Waals surface area (Å²) in [6.07, 6.45) is -4.35. The van der Waals surface area contributed by atoms with E-state index in [1.54, 1.807) is 24.3 Å². The van der Waals surface area contributed by atoms with Gasteiger partial charge in [-0.15, -0.1) is 0 Å². The van der Waals surface area contributed by atoms with Crippen molar-refractivity contribution >= 4 is 27.6 Å². The quantitative estimate of drug-likeness (QED) is 0.855. The van der Waals surface area contributed by atoms with E-state index < -0.39 is 11.7 Å². The van der Waals surface area contributed by atoms with Crippen molar-refractivity contribution in [3.8, 4) is 5.75 Å². The number of allylic oxidation sites excluding steroid dienone is 1. The maximum absolute atomic E-state index is 12.4. The Morgan fingerprint density at radius 1 is 1.33 bits per heavy atom. The first kappa shape index (κ1) is 15.4. The van der Waals surface area contributed by atoms with Gasteiger partial charge in [0.25, 0.3) is 0 Å². The molecule has 0 radical (unpaired) electrons. The van der Waals surface area contributed by atoms with E-state index in [-0.39, 0.29) is 5.75 Å². The van der Waals surface area contributed by atoms with Gasteiger partial charge in [-0.2, -0.15) is 13.2 Å². The highest BCUT2D eigenvalue weighted by Crippen LogP contribution is 2.34. The molecule has 0 aliphatic heterocycles. The zero-order valence-corrected chi connectivity index (χ0v) is 11.9. The van der Waals surface area contributed by atoms with E-state index in [0.717, 1.165) is 24.1 Å². The van der Waals surface area contributed by atoms with Gasteiger partial charge in [-0.1, -0.05) is 30.5 Å². The molecular formula is C15H12F3NOS. The lowest BCUT2D eigenvalue weighted by atomic mass is 10.2. The number of pyridine rings is 1. The predicted molar refractivity (Wildman–Crippen MR) is 79.8 cm³/mol. The first-order valence-electron chi connectivity index (χ1n) is 5.97. The number of rotatable bonds is 3. The minimum Gasteiger partial charge on any atom is -0.507 e. The summed E-state index contributed by atoms with van der Waals surface area (Å²) >= 11 is 0.832. The number of para-hydroxylation sites is 1. The first-order chi connectivity index (χ1) is 9.79. The molecule has 110 valence electrons. The van der Waals surface area contributed by atoms with E-state index in [9.17, 15) is 18.3 Å². The van der Waals surface area contributed by atoms with Gasteiger partial charge in [0.15, 0.2) is 0 Å². The average Bonchev–Trinajstić information content (AvgIpc) is 2.43. The van der Waals surface area contributed by atoms with Crippen LogP contribution in [-0.2, 0) is 0 Å². The molecule has 0 amide bonds. The normalized spacial score (nSPS) is 12.7. The molecule has 0 bridgehead atoms. The van der Waals surface area contributed by atoms with Crippen molar-refractivity contribution in [1.82, 2.24) is 4.98 Å². The Kier molecular flexibility index (Phi) is 4.27. The predicted octanol–water partition coefficient (Wildman–Crippen LogP) is 5.11. The maximum Gasteiger partial charge on any atom is 0.412 e. The van der Waals surface area contributed by atoms with Crippen molar-refractivity contribution < 1.29 is 18.3 Å². The van der Waals surface area contributed by atoms with Crippen molar-refractivity contribution in [2.75, 3.05) is 0 Å². The molecule has 6 heteroatoms. The van der Waals surface area contributed by atoms with Crippen LogP contribution < -0.4 is 0 Å². The van der Waals surface area contributed by atoms with Crippen molar-refractivity contribution in [1.29, 1.82) is 0 Å². The molecule has 0 aliphatic carbocycles. The molecule has 2 nitrogen and oxygen atoms in total. The second-order valence-corrected chi connectivity index (χ2v) is 5.35. The highest BCUT2D eigenvalue weighted by Gasteiger charge is 2.29. The summed E-state index contributed by atoms with van der Waals surface area (Å²) < 4.78 is 37.2. The van der Waals surface area contributed by atoms with Gasteiger partial charge in [-0.3, -0.25) is 0 Å². The Morgan fingerprint density at radius 3 is 2.67 bits per heavy atom. The number of benzene rings is 1. The van der Waals surface area contributed by atoms with Crippen molar-refractivity contribution in [2.24, 2.45) is 0 Å². The number of halogens is 3. The fourth-order valence-corrected chi connectivity index (χ4v) is 2.26. The van der Waals surface area contributed by atoms with Crippen LogP contribution in [0.5, 0.6) is 5.75 Å². The van der Waals surface area contributed by atoms with Crippen LogP contribution >= 0.6 is 11.8 Å². The fourth-order valence-electron chi connectivity index (χ4n) is 1.59. The third-order valence-corrected chi connectivity index (χ3v) is 3.77. The number of aromatic nitrogens is 1. The molecule has 1 aromatic carbocycles. The van der Waals surface area contributed by atoms with E-state index >= 15 is 0 Å². The van der Waals surface area contributed by atoms with E-state index in [4.69, 9.17) is 0 Å². The molecule has 21 heavy (non-hydrogen) atoms. The van der Waals surface area contributed by atoms with Gasteiger partial charge in [0.2, 0.25) is 0 Å². The monoisotopic (exact) mass is 311 g/mol. The summed E-state index contributed by atoms with van der Waals surface area (Å²) in [4.78, 5) is 4.62. The van der Waals surface area contributed by atoms with E-state index in [0.29, 0.717) is 21.5 Å². The summed E-state index contributed by atoms with van der Waals surface area (Å²) in [5.74, 6) is 0.0221. The number of thioether (sulfide) groups is 1. The van der Waals surface area contributed by atoms with Crippen LogP contribution in [0.1, 0.15) is 12.6 Å². The summed E-state index contributed by atoms with van der Waals surface area (Å²) in [7, 11) is 0. The molecule has 1 aromatic heterocycles. The Bertz CT molecular complexity index is 722. The molecule has 2 rings (SSSR count). The van der Waals surface area contributed by atoms with Gasteiger partial charge in [0.05, 0.1) is 11.2 Å². The zero-order chi connectivity index (χ0) is 15.6. The molecule has 0 saturated heterocycles. The SMILES string of the molecule is C=C(S/C=C(\C)C(F)(F)F)c1cc(O)c2ccccc2n1. The Labute approximate surface area is 124 Å². The minimum atomic E-state index is -4.35. The second-order valence-electron chi connectivity index (χ2n) is 4.38. The van der Waals surface area contributed by atoms with Gasteiger partial charge in [0, 0.05) is 21.9 Å². The number of nitrogens with zero attached hydrogens (tertiary/aromatic N) is 1. The number of hydrogen-bond donors (Lipinski definition) is 1. The van der Waals surface area contributed by atoms with Crippen LogP contribution in [0.3, 0.4) is 0 Å². The fraction of sp³-hybridized carbons (Fsp3) is 0.133. The lowest BCUT2D eigenvalue weighted by Crippen LogP contribution is -2.08. The lowest BCUT2D eigenvalue weighted by Gasteiger charge is -2.08. The summed E-state index contributed by atoms with van der Waals surface area (Å²) in [6.45, 7) is 4.70. The standard InChI is InChI=1S/C15H12F3NOS/c1-9(15(16,17)18)8-21-10(2)13-7-14(20)11-5-3-4-6-12(11)19-13/h3-8H,2H2,1H3,(H,19,20)/b9-8+.